The van der Waals surface area contributed by atoms with Gasteiger partial charge in [-0.15, -0.1) is 0 Å². The summed E-state index contributed by atoms with van der Waals surface area (Å²) < 4.78 is 10.9. The molecule has 3 heteroatoms. The molecule has 19 heavy (non-hydrogen) atoms. The number of methoxy groups -OCH3 is 1. The molecule has 1 aliphatic rings. The molecule has 1 aromatic carbocycles. The SMILES string of the molecule is COC(=O)C1(C)CCc2c(C)c(C)c(C)c(C)c2O1. The van der Waals surface area contributed by atoms with Gasteiger partial charge in [-0.25, -0.2) is 4.79 Å². The largest absolute Gasteiger partial charge is 0.475 e. The zero-order valence-electron chi connectivity index (χ0n) is 12.6. The molecule has 1 unspecified atom stereocenters. The van der Waals surface area contributed by atoms with E-state index in [4.69, 9.17) is 9.47 Å². The van der Waals surface area contributed by atoms with Gasteiger partial charge in [0.15, 0.2) is 0 Å². The summed E-state index contributed by atoms with van der Waals surface area (Å²) >= 11 is 0. The number of fused-ring (bicyclic) bond motifs is 1. The minimum atomic E-state index is -0.860. The fraction of sp³-hybridized carbons (Fsp3) is 0.562. The lowest BCUT2D eigenvalue weighted by Gasteiger charge is -2.35. The molecule has 0 saturated heterocycles. The third-order valence-corrected chi connectivity index (χ3v) is 4.55. The van der Waals surface area contributed by atoms with E-state index < -0.39 is 5.60 Å². The monoisotopic (exact) mass is 262 g/mol. The molecule has 0 fully saturated rings. The van der Waals surface area contributed by atoms with Crippen molar-refractivity contribution in [3.05, 3.63) is 27.8 Å². The Labute approximate surface area is 114 Å². The molecule has 0 saturated carbocycles. The highest BCUT2D eigenvalue weighted by Crippen LogP contribution is 2.41. The highest BCUT2D eigenvalue weighted by molar-refractivity contribution is 5.80. The lowest BCUT2D eigenvalue weighted by atomic mass is 9.85. The van der Waals surface area contributed by atoms with E-state index in [9.17, 15) is 4.79 Å². The van der Waals surface area contributed by atoms with Gasteiger partial charge in [0.1, 0.15) is 5.75 Å². The van der Waals surface area contributed by atoms with Gasteiger partial charge in [-0.2, -0.15) is 0 Å². The smallest absolute Gasteiger partial charge is 0.349 e. The van der Waals surface area contributed by atoms with E-state index in [1.165, 1.54) is 29.4 Å². The standard InChI is InChI=1S/C16H22O3/c1-9-10(2)12(4)14-13(11(9)3)7-8-16(5,19-14)15(17)18-6/h7-8H2,1-6H3. The zero-order chi connectivity index (χ0) is 14.4. The summed E-state index contributed by atoms with van der Waals surface area (Å²) in [5, 5.41) is 0. The van der Waals surface area contributed by atoms with E-state index in [0.717, 1.165) is 17.7 Å². The van der Waals surface area contributed by atoms with Crippen molar-refractivity contribution in [2.75, 3.05) is 7.11 Å². The summed E-state index contributed by atoms with van der Waals surface area (Å²) in [6.45, 7) is 10.2. The first-order chi connectivity index (χ1) is 8.81. The van der Waals surface area contributed by atoms with Crippen molar-refractivity contribution in [3.8, 4) is 5.75 Å². The van der Waals surface area contributed by atoms with Gasteiger partial charge in [-0.3, -0.25) is 0 Å². The van der Waals surface area contributed by atoms with Gasteiger partial charge < -0.3 is 9.47 Å². The predicted molar refractivity (Wildman–Crippen MR) is 74.8 cm³/mol. The first kappa shape index (κ1) is 13.9. The topological polar surface area (TPSA) is 35.5 Å². The summed E-state index contributed by atoms with van der Waals surface area (Å²) in [5.74, 6) is 0.577. The maximum absolute atomic E-state index is 11.9. The second-order valence-electron chi connectivity index (χ2n) is 5.63. The summed E-state index contributed by atoms with van der Waals surface area (Å²) in [5.41, 5.74) is 5.35. The first-order valence-electron chi connectivity index (χ1n) is 6.68. The van der Waals surface area contributed by atoms with Crippen molar-refractivity contribution in [2.45, 2.75) is 53.1 Å². The molecule has 104 valence electrons. The number of hydrogen-bond acceptors (Lipinski definition) is 3. The van der Waals surface area contributed by atoms with Crippen LogP contribution in [0.15, 0.2) is 0 Å². The van der Waals surface area contributed by atoms with Crippen LogP contribution >= 0.6 is 0 Å². The number of benzene rings is 1. The summed E-state index contributed by atoms with van der Waals surface area (Å²) in [6, 6.07) is 0. The molecule has 1 aromatic rings. The average Bonchev–Trinajstić information content (AvgIpc) is 2.41. The molecule has 0 aromatic heterocycles. The minimum absolute atomic E-state index is 0.298. The minimum Gasteiger partial charge on any atom is -0.475 e. The molecule has 0 bridgehead atoms. The van der Waals surface area contributed by atoms with Crippen LogP contribution in [0.25, 0.3) is 0 Å². The Hall–Kier alpha value is -1.51. The number of esters is 1. The van der Waals surface area contributed by atoms with E-state index in [1.54, 1.807) is 0 Å². The Morgan fingerprint density at radius 1 is 1.11 bits per heavy atom. The van der Waals surface area contributed by atoms with Crippen LogP contribution in [0.4, 0.5) is 0 Å². The van der Waals surface area contributed by atoms with Crippen molar-refractivity contribution < 1.29 is 14.3 Å². The molecule has 0 N–H and O–H groups in total. The van der Waals surface area contributed by atoms with Gasteiger partial charge in [0.2, 0.25) is 5.60 Å². The van der Waals surface area contributed by atoms with Gasteiger partial charge in [0.25, 0.3) is 0 Å². The number of rotatable bonds is 1. The van der Waals surface area contributed by atoms with Crippen molar-refractivity contribution in [2.24, 2.45) is 0 Å². The van der Waals surface area contributed by atoms with Crippen LogP contribution in [0.1, 0.15) is 41.2 Å². The van der Waals surface area contributed by atoms with Crippen molar-refractivity contribution in [1.29, 1.82) is 0 Å². The third kappa shape index (κ3) is 2.01. The maximum atomic E-state index is 11.9. The molecule has 3 nitrogen and oxygen atoms in total. The van der Waals surface area contributed by atoms with Crippen molar-refractivity contribution in [3.63, 3.8) is 0 Å². The first-order valence-corrected chi connectivity index (χ1v) is 6.68. The van der Waals surface area contributed by atoms with Crippen molar-refractivity contribution in [1.82, 2.24) is 0 Å². The summed E-state index contributed by atoms with van der Waals surface area (Å²) in [6.07, 6.45) is 1.52. The van der Waals surface area contributed by atoms with Crippen molar-refractivity contribution >= 4 is 5.97 Å². The van der Waals surface area contributed by atoms with Crippen LogP contribution in [-0.4, -0.2) is 18.7 Å². The van der Waals surface area contributed by atoms with E-state index >= 15 is 0 Å². The maximum Gasteiger partial charge on any atom is 0.349 e. The number of carbonyl (C=O) groups excluding carboxylic acids is 1. The highest BCUT2D eigenvalue weighted by Gasteiger charge is 2.41. The van der Waals surface area contributed by atoms with Gasteiger partial charge in [0.05, 0.1) is 7.11 Å². The lowest BCUT2D eigenvalue weighted by molar-refractivity contribution is -0.159. The zero-order valence-corrected chi connectivity index (χ0v) is 12.6. The Morgan fingerprint density at radius 2 is 1.68 bits per heavy atom. The van der Waals surface area contributed by atoms with Crippen LogP contribution in [0.2, 0.25) is 0 Å². The summed E-state index contributed by atoms with van der Waals surface area (Å²) in [4.78, 5) is 11.9. The van der Waals surface area contributed by atoms with Crippen LogP contribution in [0.3, 0.4) is 0 Å². The molecule has 1 heterocycles. The Balaban J connectivity index is 2.55. The van der Waals surface area contributed by atoms with Crippen LogP contribution in [0.5, 0.6) is 5.75 Å². The second-order valence-corrected chi connectivity index (χ2v) is 5.63. The highest BCUT2D eigenvalue weighted by atomic mass is 16.6. The van der Waals surface area contributed by atoms with Crippen LogP contribution < -0.4 is 4.74 Å². The van der Waals surface area contributed by atoms with Gasteiger partial charge >= 0.3 is 5.97 Å². The molecular weight excluding hydrogens is 240 g/mol. The second kappa shape index (κ2) is 4.55. The molecule has 1 atom stereocenters. The molecule has 0 aliphatic carbocycles. The molecule has 0 spiro atoms. The molecule has 0 amide bonds. The van der Waals surface area contributed by atoms with Crippen LogP contribution in [0, 0.1) is 27.7 Å². The molecule has 0 radical (unpaired) electrons. The normalized spacial score (nSPS) is 21.6. The number of hydrogen-bond donors (Lipinski definition) is 0. The van der Waals surface area contributed by atoms with Crippen LogP contribution in [-0.2, 0) is 16.0 Å². The fourth-order valence-corrected chi connectivity index (χ4v) is 2.79. The Kier molecular flexibility index (Phi) is 3.33. The summed E-state index contributed by atoms with van der Waals surface area (Å²) in [7, 11) is 1.41. The average molecular weight is 262 g/mol. The lowest BCUT2D eigenvalue weighted by Crippen LogP contribution is -2.45. The Bertz CT molecular complexity index is 546. The quantitative estimate of drug-likeness (QED) is 0.729. The predicted octanol–water partition coefficient (Wildman–Crippen LogP) is 3.18. The van der Waals surface area contributed by atoms with Gasteiger partial charge in [0, 0.05) is 6.42 Å². The number of ether oxygens (including phenoxy) is 2. The molecule has 2 rings (SSSR count). The molecule has 1 aliphatic heterocycles. The van der Waals surface area contributed by atoms with Gasteiger partial charge in [-0.1, -0.05) is 0 Å². The fourth-order valence-electron chi connectivity index (χ4n) is 2.79. The number of carbonyl (C=O) groups is 1. The van der Waals surface area contributed by atoms with E-state index in [0.29, 0.717) is 6.42 Å². The molecular formula is C16H22O3. The van der Waals surface area contributed by atoms with E-state index in [-0.39, 0.29) is 5.97 Å². The van der Waals surface area contributed by atoms with E-state index in [2.05, 4.69) is 27.7 Å². The Morgan fingerprint density at radius 3 is 2.26 bits per heavy atom. The third-order valence-electron chi connectivity index (χ3n) is 4.55. The van der Waals surface area contributed by atoms with E-state index in [1.807, 2.05) is 6.92 Å². The van der Waals surface area contributed by atoms with Gasteiger partial charge in [-0.05, 0) is 68.9 Å².